The standard InChI is InChI=1S/C12H24N2O2S/c1-14(12-7-2-3-8-12)17(15,16)10-11-6-4-5-9-13-11/h11-13H,2-10H2,1H3. The van der Waals surface area contributed by atoms with E-state index in [1.54, 1.807) is 11.4 Å². The van der Waals surface area contributed by atoms with E-state index in [0.29, 0.717) is 0 Å². The molecular formula is C12H24N2O2S. The Kier molecular flexibility index (Phi) is 4.44. The molecule has 1 saturated carbocycles. The molecule has 2 aliphatic rings. The van der Waals surface area contributed by atoms with Crippen LogP contribution in [0.3, 0.4) is 0 Å². The van der Waals surface area contributed by atoms with Crippen LogP contribution < -0.4 is 5.32 Å². The lowest BCUT2D eigenvalue weighted by atomic mass is 10.1. The van der Waals surface area contributed by atoms with Crippen LogP contribution in [0.1, 0.15) is 44.9 Å². The van der Waals surface area contributed by atoms with Gasteiger partial charge in [-0.25, -0.2) is 12.7 Å². The zero-order valence-corrected chi connectivity index (χ0v) is 11.5. The molecule has 0 aromatic carbocycles. The van der Waals surface area contributed by atoms with Crippen molar-refractivity contribution >= 4 is 10.0 Å². The van der Waals surface area contributed by atoms with Gasteiger partial charge in [-0.05, 0) is 32.2 Å². The summed E-state index contributed by atoms with van der Waals surface area (Å²) < 4.78 is 26.2. The first kappa shape index (κ1) is 13.3. The highest BCUT2D eigenvalue weighted by Gasteiger charge is 2.30. The Labute approximate surface area is 105 Å². The van der Waals surface area contributed by atoms with Crippen molar-refractivity contribution in [1.82, 2.24) is 9.62 Å². The molecule has 100 valence electrons. The van der Waals surface area contributed by atoms with Gasteiger partial charge >= 0.3 is 0 Å². The van der Waals surface area contributed by atoms with Crippen molar-refractivity contribution in [2.45, 2.75) is 57.0 Å². The van der Waals surface area contributed by atoms with Gasteiger partial charge in [0.25, 0.3) is 0 Å². The van der Waals surface area contributed by atoms with Crippen LogP contribution in [0.2, 0.25) is 0 Å². The maximum Gasteiger partial charge on any atom is 0.215 e. The van der Waals surface area contributed by atoms with E-state index in [2.05, 4.69) is 5.32 Å². The average molecular weight is 260 g/mol. The van der Waals surface area contributed by atoms with Gasteiger partial charge in [-0.1, -0.05) is 19.3 Å². The van der Waals surface area contributed by atoms with Crippen LogP contribution in [0.4, 0.5) is 0 Å². The molecule has 1 saturated heterocycles. The van der Waals surface area contributed by atoms with Gasteiger partial charge in [0.15, 0.2) is 0 Å². The Bertz CT molecular complexity index is 330. The van der Waals surface area contributed by atoms with Crippen molar-refractivity contribution < 1.29 is 8.42 Å². The van der Waals surface area contributed by atoms with Crippen molar-refractivity contribution in [1.29, 1.82) is 0 Å². The number of nitrogens with one attached hydrogen (secondary N) is 1. The van der Waals surface area contributed by atoms with E-state index in [0.717, 1.165) is 32.2 Å². The molecule has 5 heteroatoms. The second-order valence-corrected chi connectivity index (χ2v) is 7.45. The van der Waals surface area contributed by atoms with Gasteiger partial charge in [-0.2, -0.15) is 0 Å². The van der Waals surface area contributed by atoms with Crippen LogP contribution in [-0.2, 0) is 10.0 Å². The monoisotopic (exact) mass is 260 g/mol. The van der Waals surface area contributed by atoms with Gasteiger partial charge < -0.3 is 5.32 Å². The molecule has 0 aromatic rings. The fourth-order valence-corrected chi connectivity index (χ4v) is 4.63. The summed E-state index contributed by atoms with van der Waals surface area (Å²) in [6.07, 6.45) is 7.74. The molecule has 1 aliphatic carbocycles. The molecule has 2 rings (SSSR count). The smallest absolute Gasteiger partial charge is 0.215 e. The van der Waals surface area contributed by atoms with E-state index >= 15 is 0 Å². The highest BCUT2D eigenvalue weighted by atomic mass is 32.2. The van der Waals surface area contributed by atoms with Crippen LogP contribution in [-0.4, -0.2) is 44.2 Å². The number of rotatable bonds is 4. The zero-order chi connectivity index (χ0) is 12.3. The van der Waals surface area contributed by atoms with Crippen LogP contribution in [0.15, 0.2) is 0 Å². The summed E-state index contributed by atoms with van der Waals surface area (Å²) in [5.74, 6) is 0.278. The molecule has 0 aromatic heterocycles. The summed E-state index contributed by atoms with van der Waals surface area (Å²) in [5.41, 5.74) is 0. The normalized spacial score (nSPS) is 27.8. The fourth-order valence-electron chi connectivity index (χ4n) is 2.93. The molecule has 0 bridgehead atoms. The minimum atomic E-state index is -3.07. The van der Waals surface area contributed by atoms with Crippen LogP contribution in [0, 0.1) is 0 Å². The summed E-state index contributed by atoms with van der Waals surface area (Å²) >= 11 is 0. The minimum Gasteiger partial charge on any atom is -0.313 e. The first-order chi connectivity index (χ1) is 8.09. The third-order valence-electron chi connectivity index (χ3n) is 4.10. The number of hydrogen-bond acceptors (Lipinski definition) is 3. The Morgan fingerprint density at radius 3 is 2.35 bits per heavy atom. The van der Waals surface area contributed by atoms with Gasteiger partial charge in [0.2, 0.25) is 10.0 Å². The summed E-state index contributed by atoms with van der Waals surface area (Å²) in [6, 6.07) is 0.418. The van der Waals surface area contributed by atoms with Crippen molar-refractivity contribution in [2.24, 2.45) is 0 Å². The fraction of sp³-hybridized carbons (Fsp3) is 1.00. The van der Waals surface area contributed by atoms with E-state index in [-0.39, 0.29) is 17.8 Å². The lowest BCUT2D eigenvalue weighted by molar-refractivity contribution is 0.362. The number of hydrogen-bond donors (Lipinski definition) is 1. The Balaban J connectivity index is 1.92. The third kappa shape index (κ3) is 3.42. The van der Waals surface area contributed by atoms with E-state index in [9.17, 15) is 8.42 Å². The molecule has 0 amide bonds. The molecule has 1 atom stereocenters. The highest BCUT2D eigenvalue weighted by molar-refractivity contribution is 7.89. The summed E-state index contributed by atoms with van der Waals surface area (Å²) in [4.78, 5) is 0. The van der Waals surface area contributed by atoms with Gasteiger partial charge in [0.05, 0.1) is 5.75 Å². The molecule has 1 unspecified atom stereocenters. The molecule has 0 radical (unpaired) electrons. The van der Waals surface area contributed by atoms with E-state index in [1.165, 1.54) is 19.3 Å². The van der Waals surface area contributed by atoms with E-state index in [4.69, 9.17) is 0 Å². The molecule has 2 fully saturated rings. The lowest BCUT2D eigenvalue weighted by Gasteiger charge is -2.28. The first-order valence-corrected chi connectivity index (χ1v) is 8.39. The van der Waals surface area contributed by atoms with Crippen LogP contribution >= 0.6 is 0 Å². The van der Waals surface area contributed by atoms with Gasteiger partial charge in [0.1, 0.15) is 0 Å². The molecular weight excluding hydrogens is 236 g/mol. The number of nitrogens with zero attached hydrogens (tertiary/aromatic N) is 1. The van der Waals surface area contributed by atoms with Crippen molar-refractivity contribution in [2.75, 3.05) is 19.3 Å². The lowest BCUT2D eigenvalue weighted by Crippen LogP contribution is -2.45. The molecule has 4 nitrogen and oxygen atoms in total. The number of sulfonamides is 1. The molecule has 1 heterocycles. The third-order valence-corrected chi connectivity index (χ3v) is 6.10. The summed E-state index contributed by atoms with van der Waals surface area (Å²) in [5, 5.41) is 3.31. The average Bonchev–Trinajstić information content (AvgIpc) is 2.82. The Morgan fingerprint density at radius 2 is 1.76 bits per heavy atom. The van der Waals surface area contributed by atoms with Gasteiger partial charge in [-0.15, -0.1) is 0 Å². The maximum atomic E-state index is 12.3. The molecule has 0 spiro atoms. The molecule has 17 heavy (non-hydrogen) atoms. The topological polar surface area (TPSA) is 49.4 Å². The van der Waals surface area contributed by atoms with Gasteiger partial charge in [-0.3, -0.25) is 0 Å². The van der Waals surface area contributed by atoms with E-state index in [1.807, 2.05) is 0 Å². The predicted molar refractivity (Wildman–Crippen MR) is 69.4 cm³/mol. The first-order valence-electron chi connectivity index (χ1n) is 6.79. The summed E-state index contributed by atoms with van der Waals surface area (Å²) in [6.45, 7) is 0.966. The maximum absolute atomic E-state index is 12.3. The number of piperidine rings is 1. The summed E-state index contributed by atoms with van der Waals surface area (Å²) in [7, 11) is -1.31. The molecule has 1 N–H and O–H groups in total. The van der Waals surface area contributed by atoms with Crippen molar-refractivity contribution in [3.63, 3.8) is 0 Å². The van der Waals surface area contributed by atoms with E-state index < -0.39 is 10.0 Å². The molecule has 1 aliphatic heterocycles. The van der Waals surface area contributed by atoms with Crippen molar-refractivity contribution in [3.8, 4) is 0 Å². The van der Waals surface area contributed by atoms with Crippen LogP contribution in [0.25, 0.3) is 0 Å². The van der Waals surface area contributed by atoms with Crippen LogP contribution in [0.5, 0.6) is 0 Å². The quantitative estimate of drug-likeness (QED) is 0.829. The highest BCUT2D eigenvalue weighted by Crippen LogP contribution is 2.25. The zero-order valence-electron chi connectivity index (χ0n) is 10.7. The van der Waals surface area contributed by atoms with Gasteiger partial charge in [0, 0.05) is 19.1 Å². The second kappa shape index (κ2) is 5.67. The second-order valence-electron chi connectivity index (χ2n) is 5.38. The Morgan fingerprint density at radius 1 is 1.12 bits per heavy atom. The largest absolute Gasteiger partial charge is 0.313 e. The Hall–Kier alpha value is -0.130. The minimum absolute atomic E-state index is 0.164. The predicted octanol–water partition coefficient (Wildman–Crippen LogP) is 1.33. The van der Waals surface area contributed by atoms with Crippen molar-refractivity contribution in [3.05, 3.63) is 0 Å². The SMILES string of the molecule is CN(C1CCCC1)S(=O)(=O)CC1CCCCN1.